The lowest BCUT2D eigenvalue weighted by molar-refractivity contribution is -0.0545. The van der Waals surface area contributed by atoms with Gasteiger partial charge in [-0.05, 0) is 170 Å². The maximum absolute atomic E-state index is 7.63. The second kappa shape index (κ2) is 36.9. The number of hydrogen-bond donors (Lipinski definition) is 0. The monoisotopic (exact) mass is 1010 g/mol. The van der Waals surface area contributed by atoms with Gasteiger partial charge in [-0.25, -0.2) is 0 Å². The molecule has 0 saturated heterocycles. The molecule has 0 aromatic rings. The van der Waals surface area contributed by atoms with Crippen molar-refractivity contribution in [1.82, 2.24) is 0 Å². The topological polar surface area (TPSA) is 0 Å². The van der Waals surface area contributed by atoms with Crippen LogP contribution in [0.2, 0.25) is 0 Å². The first-order chi connectivity index (χ1) is 36.8. The third-order valence-corrected chi connectivity index (χ3v) is 17.5. The molecular formula is C71H142. The summed E-state index contributed by atoms with van der Waals surface area (Å²) in [7, 11) is 0. The molecule has 12 aliphatic carbocycles. The minimum atomic E-state index is -1.06. The van der Waals surface area contributed by atoms with Crippen LogP contribution in [0.5, 0.6) is 0 Å². The first kappa shape index (κ1) is 51.7. The van der Waals surface area contributed by atoms with Gasteiger partial charge in [0.2, 0.25) is 0 Å². The van der Waals surface area contributed by atoms with E-state index in [1.54, 1.807) is 105 Å². The molecule has 71 heavy (non-hydrogen) atoms. The van der Waals surface area contributed by atoms with E-state index in [9.17, 15) is 0 Å². The molecule has 0 spiro atoms. The van der Waals surface area contributed by atoms with Gasteiger partial charge in [-0.15, -0.1) is 0 Å². The first-order valence-corrected chi connectivity index (χ1v) is 31.3. The summed E-state index contributed by atoms with van der Waals surface area (Å²) in [6, 6.07) is 0. The Morgan fingerprint density at radius 1 is 0.465 bits per heavy atom. The molecule has 0 aromatic heterocycles. The van der Waals surface area contributed by atoms with Crippen molar-refractivity contribution in [3.63, 3.8) is 0 Å². The minimum absolute atomic E-state index is 0.0556. The lowest BCUT2D eigenvalue weighted by Crippen LogP contribution is -2.45. The Balaban J connectivity index is 0.000000461. The summed E-state index contributed by atoms with van der Waals surface area (Å²) in [5.74, 6) is 7.32. The molecule has 0 radical (unpaired) electrons. The van der Waals surface area contributed by atoms with Crippen molar-refractivity contribution < 1.29 is 15.1 Å². The van der Waals surface area contributed by atoms with Gasteiger partial charge in [-0.2, -0.15) is 0 Å². The molecule has 0 aromatic carbocycles. The fraction of sp³-hybridized carbons (Fsp3) is 1.00. The zero-order valence-corrected chi connectivity index (χ0v) is 52.6. The zero-order valence-electron chi connectivity index (χ0n) is 63.6. The maximum atomic E-state index is 7.63. The fourth-order valence-corrected chi connectivity index (χ4v) is 14.0. The highest BCUT2D eigenvalue weighted by atomic mass is 14.6. The van der Waals surface area contributed by atoms with E-state index in [2.05, 4.69) is 41.5 Å². The normalized spacial score (nSPS) is 35.6. The van der Waals surface area contributed by atoms with E-state index in [0.717, 1.165) is 97.7 Å². The molecule has 0 N–H and O–H groups in total. The van der Waals surface area contributed by atoms with Gasteiger partial charge in [-0.1, -0.05) is 286 Å². The predicted octanol–water partition coefficient (Wildman–Crippen LogP) is 25.4. The molecule has 0 nitrogen and oxygen atoms in total. The molecule has 12 saturated carbocycles. The average molecular weight is 1010 g/mol. The first-order valence-electron chi connectivity index (χ1n) is 36.8. The van der Waals surface area contributed by atoms with E-state index in [4.69, 9.17) is 15.1 Å². The minimum Gasteiger partial charge on any atom is -0.0651 e. The Morgan fingerprint density at radius 2 is 0.690 bits per heavy atom. The second-order valence-corrected chi connectivity index (χ2v) is 29.5. The predicted molar refractivity (Wildman–Crippen MR) is 327 cm³/mol. The number of hydrogen-bond acceptors (Lipinski definition) is 0. The van der Waals surface area contributed by atoms with Gasteiger partial charge in [0.15, 0.2) is 0 Å². The van der Waals surface area contributed by atoms with Crippen LogP contribution in [0.1, 0.15) is 378 Å². The van der Waals surface area contributed by atoms with Crippen molar-refractivity contribution in [2.45, 2.75) is 363 Å². The van der Waals surface area contributed by atoms with Crippen molar-refractivity contribution in [2.75, 3.05) is 0 Å². The molecule has 8 bridgehead atoms. The standard InChI is InChI=1S/C12H20.C11H18.C8H16.2C7H14.C6H12.C6H14.2C5H12.C4H10/c1-2-12-6-9-3-10(7-12)5-11(4-9)8-12;1-11-5-8-2-9(6-11)4-10(3-8)7-11;1-2-8-6-4-3-5-7-8;1-7-5-3-2-4-6-7;1-2-7-5-3-4-6-7;1-6-4-2-3-5-6;1-5-6(2,3)4;1-5(2,3)4;1-4-5(2)3;1-4(2)3/h9-11H,2-8H2,1H3;8-10H,2-7H2,1H3;8H,2-7H2,1H3;2*7H,2-6H2,1H3;6H,2-5H2,1H3;5H2,1-4H3;1-4H3;5H,4H2,1-3H3;4H,1-3H3/i;;2D2;7D;2D2;6D;5D2;;4D2;4D. The molecule has 12 fully saturated rings. The molecule has 0 aliphatic heterocycles. The highest BCUT2D eigenvalue weighted by Crippen LogP contribution is 2.61. The number of rotatable bonds is 4. The van der Waals surface area contributed by atoms with Crippen LogP contribution in [0.3, 0.4) is 0 Å². The molecular weight excluding hydrogens is 853 g/mol. The summed E-state index contributed by atoms with van der Waals surface area (Å²) < 4.78 is 80.4. The summed E-state index contributed by atoms with van der Waals surface area (Å²) in [5.41, 5.74) is 1.91. The molecule has 12 rings (SSSR count). The van der Waals surface area contributed by atoms with Crippen LogP contribution >= 0.6 is 0 Å². The highest BCUT2D eigenvalue weighted by Gasteiger charge is 2.50. The van der Waals surface area contributed by atoms with Crippen molar-refractivity contribution in [3.05, 3.63) is 0 Å². The van der Waals surface area contributed by atoms with E-state index < -0.39 is 25.5 Å². The smallest absolute Gasteiger partial charge is 0.0300 e. The molecule has 0 heterocycles. The van der Waals surface area contributed by atoms with Gasteiger partial charge < -0.3 is 0 Å². The van der Waals surface area contributed by atoms with Crippen LogP contribution in [-0.4, -0.2) is 0 Å². The van der Waals surface area contributed by atoms with E-state index in [0.29, 0.717) is 17.3 Å². The van der Waals surface area contributed by atoms with E-state index >= 15 is 0 Å². The van der Waals surface area contributed by atoms with Crippen LogP contribution in [0.25, 0.3) is 0 Å². The van der Waals surface area contributed by atoms with Crippen molar-refractivity contribution in [1.29, 1.82) is 0 Å². The highest BCUT2D eigenvalue weighted by molar-refractivity contribution is 5.01. The Kier molecular flexibility index (Phi) is 26.9. The van der Waals surface area contributed by atoms with Gasteiger partial charge in [0.1, 0.15) is 0 Å². The van der Waals surface area contributed by atoms with Gasteiger partial charge >= 0.3 is 0 Å². The van der Waals surface area contributed by atoms with Gasteiger partial charge in [0, 0.05) is 15.1 Å². The Labute approximate surface area is 469 Å². The SMILES string of the molecule is CC(C)(C)C.CC12CC3CC(CC(C3)C1)C2.CCC12CC3CC(CC(C3)C1)C2.[2H]C(C)(C)C.[2H]C([2H])(C)C(C)(C)C.[2H]C([2H])(C)C(C)C.[2H]C([2H])(C)C1CCCC1.[2H]C([2H])(C)C1CCCCC1.[2H]C1(C)CCCC1.[2H]C1(C)CCCCC1. The third-order valence-electron chi connectivity index (χ3n) is 17.5. The second-order valence-electron chi connectivity index (χ2n) is 29.5. The molecule has 426 valence electrons. The van der Waals surface area contributed by atoms with Crippen molar-refractivity contribution in [2.24, 2.45) is 92.6 Å². The summed E-state index contributed by atoms with van der Waals surface area (Å²) in [5, 5.41) is 0. The quantitative estimate of drug-likeness (QED) is 0.263. The lowest BCUT2D eigenvalue weighted by Gasteiger charge is -2.56. The Morgan fingerprint density at radius 3 is 0.859 bits per heavy atom. The van der Waals surface area contributed by atoms with E-state index in [-0.39, 0.29) is 29.0 Å². The van der Waals surface area contributed by atoms with E-state index in [1.165, 1.54) is 70.6 Å². The lowest BCUT2D eigenvalue weighted by atomic mass is 9.49. The van der Waals surface area contributed by atoms with Gasteiger partial charge in [0.25, 0.3) is 0 Å². The largest absolute Gasteiger partial charge is 0.0651 e. The molecule has 0 atom stereocenters. The molecule has 12 aliphatic rings. The summed E-state index contributed by atoms with van der Waals surface area (Å²) in [6.45, 7) is 39.4. The average Bonchev–Trinajstić information content (AvgIpc) is 3.97. The van der Waals surface area contributed by atoms with Crippen LogP contribution in [0.15, 0.2) is 0 Å². The van der Waals surface area contributed by atoms with E-state index in [1.807, 2.05) is 69.2 Å². The Bertz CT molecular complexity index is 1550. The zero-order chi connectivity index (χ0) is 63.6. The van der Waals surface area contributed by atoms with Gasteiger partial charge in [0.05, 0.1) is 0 Å². The van der Waals surface area contributed by atoms with Crippen LogP contribution < -0.4 is 0 Å². The maximum Gasteiger partial charge on any atom is 0.0300 e. The van der Waals surface area contributed by atoms with Crippen LogP contribution in [0.4, 0.5) is 0 Å². The molecule has 0 unspecified atom stereocenters. The molecule has 0 amide bonds. The van der Waals surface area contributed by atoms with Crippen LogP contribution in [0, 0.1) is 92.6 Å². The van der Waals surface area contributed by atoms with Gasteiger partial charge in [-0.3, -0.25) is 0 Å². The third kappa shape index (κ3) is 35.1. The van der Waals surface area contributed by atoms with Crippen LogP contribution in [-0.2, 0) is 0 Å². The fourth-order valence-electron chi connectivity index (χ4n) is 14.0. The van der Waals surface area contributed by atoms with Crippen molar-refractivity contribution in [3.8, 4) is 0 Å². The molecule has 0 heteroatoms. The summed E-state index contributed by atoms with van der Waals surface area (Å²) >= 11 is 0. The summed E-state index contributed by atoms with van der Waals surface area (Å²) in [4.78, 5) is 0. The summed E-state index contributed by atoms with van der Waals surface area (Å²) in [6.07, 6.45) is 38.2. The Hall–Kier alpha value is 0. The van der Waals surface area contributed by atoms with Crippen molar-refractivity contribution >= 4 is 0 Å².